The van der Waals surface area contributed by atoms with Gasteiger partial charge in [-0.1, -0.05) is 6.92 Å². The Morgan fingerprint density at radius 3 is 2.71 bits per heavy atom. The van der Waals surface area contributed by atoms with Crippen LogP contribution in [0.3, 0.4) is 0 Å². The van der Waals surface area contributed by atoms with Gasteiger partial charge in [0.15, 0.2) is 0 Å². The molecule has 5 heteroatoms. The van der Waals surface area contributed by atoms with E-state index < -0.39 is 0 Å². The van der Waals surface area contributed by atoms with Gasteiger partial charge in [-0.15, -0.1) is 0 Å². The summed E-state index contributed by atoms with van der Waals surface area (Å²) in [6.07, 6.45) is 4.08. The molecule has 0 aliphatic rings. The lowest BCUT2D eigenvalue weighted by Crippen LogP contribution is -2.32. The van der Waals surface area contributed by atoms with Crippen LogP contribution < -0.4 is 5.32 Å². The highest BCUT2D eigenvalue weighted by Gasteiger charge is 2.15. The van der Waals surface area contributed by atoms with Gasteiger partial charge >= 0.3 is 0 Å². The molecule has 0 aliphatic heterocycles. The lowest BCUT2D eigenvalue weighted by atomic mass is 10.3. The van der Waals surface area contributed by atoms with E-state index in [-0.39, 0.29) is 5.91 Å². The molecule has 1 heterocycles. The summed E-state index contributed by atoms with van der Waals surface area (Å²) in [4.78, 5) is 22.2. The average molecular weight is 236 g/mol. The summed E-state index contributed by atoms with van der Waals surface area (Å²) in [7, 11) is 0. The summed E-state index contributed by atoms with van der Waals surface area (Å²) < 4.78 is 0. The third-order valence-corrected chi connectivity index (χ3v) is 2.37. The zero-order valence-electron chi connectivity index (χ0n) is 10.7. The fourth-order valence-electron chi connectivity index (χ4n) is 1.57. The molecule has 1 rings (SSSR count). The molecule has 0 saturated heterocycles. The van der Waals surface area contributed by atoms with Crippen LogP contribution in [0.1, 0.15) is 37.7 Å². The summed E-state index contributed by atoms with van der Waals surface area (Å²) in [5, 5.41) is 3.05. The Hall–Kier alpha value is -1.65. The number of anilines is 1. The van der Waals surface area contributed by atoms with E-state index in [4.69, 9.17) is 0 Å². The molecule has 0 fully saturated rings. The van der Waals surface area contributed by atoms with Crippen LogP contribution in [0.25, 0.3) is 0 Å². The van der Waals surface area contributed by atoms with Crippen molar-refractivity contribution in [2.24, 2.45) is 0 Å². The second kappa shape index (κ2) is 6.83. The lowest BCUT2D eigenvalue weighted by molar-refractivity contribution is 0.0758. The highest BCUT2D eigenvalue weighted by Crippen LogP contribution is 2.05. The maximum atomic E-state index is 12.1. The molecule has 0 radical (unpaired) electrons. The molecule has 1 aromatic rings. The molecule has 0 spiro atoms. The number of aromatic nitrogens is 2. The number of nitrogens with one attached hydrogen (secondary N) is 1. The Labute approximate surface area is 102 Å². The van der Waals surface area contributed by atoms with Gasteiger partial charge in [-0.3, -0.25) is 9.78 Å². The van der Waals surface area contributed by atoms with Gasteiger partial charge in [-0.2, -0.15) is 0 Å². The number of carbonyl (C=O) groups is 1. The number of rotatable bonds is 6. The first kappa shape index (κ1) is 13.4. The lowest BCUT2D eigenvalue weighted by Gasteiger charge is -2.19. The average Bonchev–Trinajstić information content (AvgIpc) is 2.36. The van der Waals surface area contributed by atoms with Crippen LogP contribution in [0.15, 0.2) is 12.4 Å². The van der Waals surface area contributed by atoms with Gasteiger partial charge in [0, 0.05) is 19.6 Å². The topological polar surface area (TPSA) is 58.1 Å². The van der Waals surface area contributed by atoms with Crippen molar-refractivity contribution in [1.82, 2.24) is 14.9 Å². The van der Waals surface area contributed by atoms with Gasteiger partial charge in [0.1, 0.15) is 11.5 Å². The third-order valence-electron chi connectivity index (χ3n) is 2.37. The molecule has 0 aliphatic carbocycles. The molecule has 0 unspecified atom stereocenters. The molecule has 1 N–H and O–H groups in total. The zero-order valence-corrected chi connectivity index (χ0v) is 10.7. The predicted octanol–water partition coefficient (Wildman–Crippen LogP) is 1.78. The Bertz CT molecular complexity index is 367. The molecule has 0 aromatic carbocycles. The maximum Gasteiger partial charge on any atom is 0.274 e. The predicted molar refractivity (Wildman–Crippen MR) is 68.1 cm³/mol. The summed E-state index contributed by atoms with van der Waals surface area (Å²) in [5.74, 6) is 0.590. The summed E-state index contributed by atoms with van der Waals surface area (Å²) in [5.41, 5.74) is 0.402. The number of amides is 1. The minimum atomic E-state index is -0.0541. The second-order valence-electron chi connectivity index (χ2n) is 3.70. The first-order chi connectivity index (χ1) is 8.22. The first-order valence-electron chi connectivity index (χ1n) is 6.08. The summed E-state index contributed by atoms with van der Waals surface area (Å²) >= 11 is 0. The van der Waals surface area contributed by atoms with Crippen LogP contribution in [0.4, 0.5) is 5.82 Å². The van der Waals surface area contributed by atoms with E-state index in [1.807, 2.05) is 13.8 Å². The third kappa shape index (κ3) is 3.69. The second-order valence-corrected chi connectivity index (χ2v) is 3.70. The maximum absolute atomic E-state index is 12.1. The van der Waals surface area contributed by atoms with Crippen LogP contribution in [0.2, 0.25) is 0 Å². The Kier molecular flexibility index (Phi) is 5.39. The number of nitrogens with zero attached hydrogens (tertiary/aromatic N) is 3. The summed E-state index contributed by atoms with van der Waals surface area (Å²) in [6, 6.07) is 0. The van der Waals surface area contributed by atoms with Crippen LogP contribution in [0, 0.1) is 0 Å². The zero-order chi connectivity index (χ0) is 12.7. The van der Waals surface area contributed by atoms with E-state index >= 15 is 0 Å². The van der Waals surface area contributed by atoms with E-state index in [2.05, 4.69) is 22.2 Å². The van der Waals surface area contributed by atoms with E-state index in [9.17, 15) is 4.79 Å². The van der Waals surface area contributed by atoms with Crippen molar-refractivity contribution in [3.05, 3.63) is 18.1 Å². The molecule has 5 nitrogen and oxygen atoms in total. The van der Waals surface area contributed by atoms with Crippen molar-refractivity contribution < 1.29 is 4.79 Å². The molecule has 0 saturated carbocycles. The Balaban J connectivity index is 2.83. The fraction of sp³-hybridized carbons (Fsp3) is 0.583. The number of carbonyl (C=O) groups excluding carboxylic acids is 1. The molecule has 1 aromatic heterocycles. The highest BCUT2D eigenvalue weighted by molar-refractivity contribution is 5.92. The van der Waals surface area contributed by atoms with Crippen molar-refractivity contribution in [2.75, 3.05) is 25.0 Å². The summed E-state index contributed by atoms with van der Waals surface area (Å²) in [6.45, 7) is 8.21. The van der Waals surface area contributed by atoms with Gasteiger partial charge in [0.05, 0.1) is 12.4 Å². The van der Waals surface area contributed by atoms with Gasteiger partial charge in [0.25, 0.3) is 5.91 Å². The van der Waals surface area contributed by atoms with Crippen LogP contribution in [0.5, 0.6) is 0 Å². The molecular weight excluding hydrogens is 216 g/mol. The standard InChI is InChI=1S/C12H20N4O/c1-4-7-16(6-3)12(17)10-8-13-9-11(15-10)14-5-2/h8-9H,4-7H2,1-3H3,(H,14,15). The number of hydrogen-bond donors (Lipinski definition) is 1. The molecule has 0 bridgehead atoms. The minimum Gasteiger partial charge on any atom is -0.369 e. The Morgan fingerprint density at radius 1 is 1.35 bits per heavy atom. The van der Waals surface area contributed by atoms with E-state index in [0.717, 1.165) is 19.5 Å². The van der Waals surface area contributed by atoms with Gasteiger partial charge in [-0.05, 0) is 20.3 Å². The van der Waals surface area contributed by atoms with Crippen molar-refractivity contribution in [1.29, 1.82) is 0 Å². The SMILES string of the molecule is CCCN(CC)C(=O)c1cncc(NCC)n1. The molecular formula is C12H20N4O. The van der Waals surface area contributed by atoms with E-state index in [0.29, 0.717) is 18.1 Å². The van der Waals surface area contributed by atoms with Crippen LogP contribution in [-0.4, -0.2) is 40.4 Å². The monoisotopic (exact) mass is 236 g/mol. The fourth-order valence-corrected chi connectivity index (χ4v) is 1.57. The van der Waals surface area contributed by atoms with Gasteiger partial charge in [0.2, 0.25) is 0 Å². The quantitative estimate of drug-likeness (QED) is 0.818. The van der Waals surface area contributed by atoms with Crippen molar-refractivity contribution in [3.63, 3.8) is 0 Å². The molecule has 94 valence electrons. The van der Waals surface area contributed by atoms with Crippen molar-refractivity contribution in [2.45, 2.75) is 27.2 Å². The normalized spacial score (nSPS) is 10.1. The van der Waals surface area contributed by atoms with Gasteiger partial charge < -0.3 is 10.2 Å². The largest absolute Gasteiger partial charge is 0.369 e. The van der Waals surface area contributed by atoms with Crippen LogP contribution >= 0.6 is 0 Å². The van der Waals surface area contributed by atoms with Crippen LogP contribution in [-0.2, 0) is 0 Å². The van der Waals surface area contributed by atoms with E-state index in [1.54, 1.807) is 11.1 Å². The number of hydrogen-bond acceptors (Lipinski definition) is 4. The molecule has 0 atom stereocenters. The van der Waals surface area contributed by atoms with E-state index in [1.165, 1.54) is 6.20 Å². The van der Waals surface area contributed by atoms with Gasteiger partial charge in [-0.25, -0.2) is 4.98 Å². The van der Waals surface area contributed by atoms with Crippen molar-refractivity contribution >= 4 is 11.7 Å². The molecule has 17 heavy (non-hydrogen) atoms. The first-order valence-corrected chi connectivity index (χ1v) is 6.08. The Morgan fingerprint density at radius 2 is 2.12 bits per heavy atom. The smallest absolute Gasteiger partial charge is 0.274 e. The minimum absolute atomic E-state index is 0.0541. The highest BCUT2D eigenvalue weighted by atomic mass is 16.2. The van der Waals surface area contributed by atoms with Crippen molar-refractivity contribution in [3.8, 4) is 0 Å². The molecule has 1 amide bonds.